The Morgan fingerprint density at radius 3 is 2.40 bits per heavy atom. The van der Waals surface area contributed by atoms with Gasteiger partial charge in [0.15, 0.2) is 0 Å². The molecule has 0 amide bonds. The molecule has 1 rings (SSSR count). The van der Waals surface area contributed by atoms with Crippen molar-refractivity contribution >= 4 is 5.69 Å². The summed E-state index contributed by atoms with van der Waals surface area (Å²) in [6.45, 7) is 9.44. The van der Waals surface area contributed by atoms with Gasteiger partial charge in [0.05, 0.1) is 6.10 Å². The van der Waals surface area contributed by atoms with Crippen molar-refractivity contribution in [1.29, 1.82) is 0 Å². The number of hydrogen-bond donors (Lipinski definition) is 1. The highest BCUT2D eigenvalue weighted by atomic mass is 16.3. The lowest BCUT2D eigenvalue weighted by atomic mass is 10.1. The summed E-state index contributed by atoms with van der Waals surface area (Å²) in [5, 5.41) is 9.38. The number of aliphatic hydroxyl groups is 1. The third-order valence-corrected chi connectivity index (χ3v) is 2.47. The SMILES string of the molecule is C=CCN(CC)c1ccc([C@H](C)O)cc1. The van der Waals surface area contributed by atoms with E-state index in [1.165, 1.54) is 5.69 Å². The maximum absolute atomic E-state index is 9.38. The standard InChI is InChI=1S/C13H19NO/c1-4-10-14(5-2)13-8-6-12(7-9-13)11(3)15/h4,6-9,11,15H,1,5,10H2,2-3H3/t11-/m0/s1. The fourth-order valence-corrected chi connectivity index (χ4v) is 1.54. The molecule has 2 heteroatoms. The molecule has 0 aliphatic heterocycles. The van der Waals surface area contributed by atoms with E-state index in [4.69, 9.17) is 0 Å². The van der Waals surface area contributed by atoms with Gasteiger partial charge in [0.1, 0.15) is 0 Å². The van der Waals surface area contributed by atoms with Gasteiger partial charge in [0, 0.05) is 18.8 Å². The monoisotopic (exact) mass is 205 g/mol. The lowest BCUT2D eigenvalue weighted by Crippen LogP contribution is -2.22. The quantitative estimate of drug-likeness (QED) is 0.747. The van der Waals surface area contributed by atoms with Gasteiger partial charge < -0.3 is 10.0 Å². The topological polar surface area (TPSA) is 23.5 Å². The summed E-state index contributed by atoms with van der Waals surface area (Å²) in [5.74, 6) is 0. The zero-order valence-corrected chi connectivity index (χ0v) is 9.48. The summed E-state index contributed by atoms with van der Waals surface area (Å²) in [4.78, 5) is 2.22. The van der Waals surface area contributed by atoms with Crippen molar-refractivity contribution in [3.8, 4) is 0 Å². The van der Waals surface area contributed by atoms with E-state index in [9.17, 15) is 5.11 Å². The molecule has 1 N–H and O–H groups in total. The largest absolute Gasteiger partial charge is 0.389 e. The summed E-state index contributed by atoms with van der Waals surface area (Å²) >= 11 is 0. The summed E-state index contributed by atoms with van der Waals surface area (Å²) < 4.78 is 0. The van der Waals surface area contributed by atoms with Crippen LogP contribution in [0.1, 0.15) is 25.5 Å². The number of nitrogens with zero attached hydrogens (tertiary/aromatic N) is 1. The summed E-state index contributed by atoms with van der Waals surface area (Å²) in [5.41, 5.74) is 2.12. The highest BCUT2D eigenvalue weighted by Gasteiger charge is 2.03. The Bertz CT molecular complexity index is 303. The number of aliphatic hydroxyl groups excluding tert-OH is 1. The van der Waals surface area contributed by atoms with Gasteiger partial charge in [0.2, 0.25) is 0 Å². The average Bonchev–Trinajstić information content (AvgIpc) is 2.26. The minimum absolute atomic E-state index is 0.395. The molecule has 0 saturated heterocycles. The molecular weight excluding hydrogens is 186 g/mol. The zero-order chi connectivity index (χ0) is 11.3. The van der Waals surface area contributed by atoms with Crippen LogP contribution in [0.4, 0.5) is 5.69 Å². The maximum Gasteiger partial charge on any atom is 0.0761 e. The molecule has 0 aliphatic rings. The predicted octanol–water partition coefficient (Wildman–Crippen LogP) is 2.75. The van der Waals surface area contributed by atoms with Gasteiger partial charge in [0.25, 0.3) is 0 Å². The van der Waals surface area contributed by atoms with Crippen molar-refractivity contribution in [2.24, 2.45) is 0 Å². The molecule has 1 atom stereocenters. The van der Waals surface area contributed by atoms with Crippen molar-refractivity contribution in [2.75, 3.05) is 18.0 Å². The van der Waals surface area contributed by atoms with Crippen LogP contribution < -0.4 is 4.90 Å². The molecule has 0 saturated carbocycles. The predicted molar refractivity (Wildman–Crippen MR) is 65.2 cm³/mol. The molecular formula is C13H19NO. The van der Waals surface area contributed by atoms with Crippen molar-refractivity contribution in [2.45, 2.75) is 20.0 Å². The summed E-state index contributed by atoms with van der Waals surface area (Å²) in [6.07, 6.45) is 1.50. The Labute approximate surface area is 91.9 Å². The molecule has 0 spiro atoms. The van der Waals surface area contributed by atoms with E-state index >= 15 is 0 Å². The Morgan fingerprint density at radius 2 is 2.00 bits per heavy atom. The van der Waals surface area contributed by atoms with E-state index in [0.717, 1.165) is 18.7 Å². The normalized spacial score (nSPS) is 12.2. The highest BCUT2D eigenvalue weighted by molar-refractivity contribution is 5.48. The molecule has 2 nitrogen and oxygen atoms in total. The molecule has 0 heterocycles. The molecule has 0 radical (unpaired) electrons. The number of rotatable bonds is 5. The lowest BCUT2D eigenvalue weighted by Gasteiger charge is -2.21. The van der Waals surface area contributed by atoms with Gasteiger partial charge >= 0.3 is 0 Å². The van der Waals surface area contributed by atoms with E-state index in [-0.39, 0.29) is 0 Å². The third-order valence-electron chi connectivity index (χ3n) is 2.47. The molecule has 0 aromatic heterocycles. The van der Waals surface area contributed by atoms with E-state index in [1.54, 1.807) is 6.92 Å². The number of hydrogen-bond acceptors (Lipinski definition) is 2. The van der Waals surface area contributed by atoms with E-state index in [0.29, 0.717) is 0 Å². The number of anilines is 1. The van der Waals surface area contributed by atoms with Crippen LogP contribution in [-0.4, -0.2) is 18.2 Å². The van der Waals surface area contributed by atoms with Gasteiger partial charge in [-0.2, -0.15) is 0 Å². The van der Waals surface area contributed by atoms with Crippen LogP contribution in [0, 0.1) is 0 Å². The molecule has 1 aromatic rings. The second-order valence-electron chi connectivity index (χ2n) is 3.59. The minimum atomic E-state index is -0.395. The van der Waals surface area contributed by atoms with Crippen LogP contribution >= 0.6 is 0 Å². The Kier molecular flexibility index (Phi) is 4.37. The molecule has 0 bridgehead atoms. The van der Waals surface area contributed by atoms with Gasteiger partial charge in [-0.25, -0.2) is 0 Å². The van der Waals surface area contributed by atoms with Crippen molar-refractivity contribution in [3.63, 3.8) is 0 Å². The van der Waals surface area contributed by atoms with Crippen molar-refractivity contribution in [1.82, 2.24) is 0 Å². The first kappa shape index (κ1) is 11.8. The smallest absolute Gasteiger partial charge is 0.0761 e. The molecule has 1 aromatic carbocycles. The second-order valence-corrected chi connectivity index (χ2v) is 3.59. The van der Waals surface area contributed by atoms with Crippen LogP contribution in [0.2, 0.25) is 0 Å². The molecule has 0 unspecified atom stereocenters. The number of likely N-dealkylation sites (N-methyl/N-ethyl adjacent to an activating group) is 1. The molecule has 0 fully saturated rings. The molecule has 82 valence electrons. The Morgan fingerprint density at radius 1 is 1.40 bits per heavy atom. The van der Waals surface area contributed by atoms with E-state index in [2.05, 4.69) is 18.4 Å². The number of benzene rings is 1. The van der Waals surface area contributed by atoms with E-state index in [1.807, 2.05) is 30.3 Å². The first-order chi connectivity index (χ1) is 7.19. The lowest BCUT2D eigenvalue weighted by molar-refractivity contribution is 0.199. The van der Waals surface area contributed by atoms with Crippen LogP contribution in [0.3, 0.4) is 0 Å². The first-order valence-corrected chi connectivity index (χ1v) is 5.33. The van der Waals surface area contributed by atoms with Crippen molar-refractivity contribution < 1.29 is 5.11 Å². The van der Waals surface area contributed by atoms with Gasteiger partial charge in [-0.3, -0.25) is 0 Å². The van der Waals surface area contributed by atoms with Crippen LogP contribution in [0.5, 0.6) is 0 Å². The van der Waals surface area contributed by atoms with Crippen LogP contribution in [-0.2, 0) is 0 Å². The summed E-state index contributed by atoms with van der Waals surface area (Å²) in [7, 11) is 0. The molecule has 0 aliphatic carbocycles. The van der Waals surface area contributed by atoms with Gasteiger partial charge in [-0.05, 0) is 31.5 Å². The summed E-state index contributed by atoms with van der Waals surface area (Å²) in [6, 6.07) is 8.00. The van der Waals surface area contributed by atoms with Gasteiger partial charge in [-0.1, -0.05) is 18.2 Å². The third kappa shape index (κ3) is 3.10. The maximum atomic E-state index is 9.38. The Hall–Kier alpha value is -1.28. The van der Waals surface area contributed by atoms with Crippen molar-refractivity contribution in [3.05, 3.63) is 42.5 Å². The zero-order valence-electron chi connectivity index (χ0n) is 9.48. The van der Waals surface area contributed by atoms with Crippen LogP contribution in [0.15, 0.2) is 36.9 Å². The van der Waals surface area contributed by atoms with Gasteiger partial charge in [-0.15, -0.1) is 6.58 Å². The fourth-order valence-electron chi connectivity index (χ4n) is 1.54. The molecule has 15 heavy (non-hydrogen) atoms. The van der Waals surface area contributed by atoms with Crippen LogP contribution in [0.25, 0.3) is 0 Å². The fraction of sp³-hybridized carbons (Fsp3) is 0.385. The Balaban J connectivity index is 2.81. The van der Waals surface area contributed by atoms with E-state index < -0.39 is 6.10 Å². The highest BCUT2D eigenvalue weighted by Crippen LogP contribution is 2.18. The average molecular weight is 205 g/mol. The second kappa shape index (κ2) is 5.56. The minimum Gasteiger partial charge on any atom is -0.389 e. The first-order valence-electron chi connectivity index (χ1n) is 5.33.